The summed E-state index contributed by atoms with van der Waals surface area (Å²) >= 11 is 0. The molecular weight excluding hydrogens is 363 g/mol. The van der Waals surface area contributed by atoms with Gasteiger partial charge in [-0.1, -0.05) is 6.07 Å². The van der Waals surface area contributed by atoms with Crippen LogP contribution < -0.4 is 0 Å². The van der Waals surface area contributed by atoms with E-state index >= 15 is 4.39 Å². The summed E-state index contributed by atoms with van der Waals surface area (Å²) in [5, 5.41) is 8.11. The van der Waals surface area contributed by atoms with Gasteiger partial charge in [0.15, 0.2) is 0 Å². The Kier molecular flexibility index (Phi) is 4.89. The van der Waals surface area contributed by atoms with Gasteiger partial charge in [-0.15, -0.1) is 0 Å². The van der Waals surface area contributed by atoms with Gasteiger partial charge in [-0.25, -0.2) is 13.2 Å². The zero-order valence-electron chi connectivity index (χ0n) is 15.7. The molecule has 2 heterocycles. The van der Waals surface area contributed by atoms with Crippen molar-refractivity contribution in [2.75, 3.05) is 13.6 Å². The molecule has 1 atom stereocenters. The molecule has 3 nitrogen and oxygen atoms in total. The summed E-state index contributed by atoms with van der Waals surface area (Å²) in [5.74, 6) is -1.88. The van der Waals surface area contributed by atoms with E-state index in [1.807, 2.05) is 24.9 Å². The van der Waals surface area contributed by atoms with Crippen molar-refractivity contribution in [3.8, 4) is 11.3 Å². The smallest absolute Gasteiger partial charge is 0.137 e. The van der Waals surface area contributed by atoms with E-state index in [0.29, 0.717) is 41.9 Å². The van der Waals surface area contributed by atoms with Crippen LogP contribution in [0.3, 0.4) is 0 Å². The number of hydrogen-bond acceptors (Lipinski definition) is 3. The minimum atomic E-state index is -0.624. The fourth-order valence-corrected chi connectivity index (χ4v) is 3.84. The maximum atomic E-state index is 15.5. The van der Waals surface area contributed by atoms with Gasteiger partial charge in [0, 0.05) is 29.7 Å². The second-order valence-corrected chi connectivity index (χ2v) is 7.34. The Morgan fingerprint density at radius 1 is 0.964 bits per heavy atom. The molecule has 1 aromatic heterocycles. The molecule has 0 amide bonds. The Bertz CT molecular complexity index is 998. The van der Waals surface area contributed by atoms with Crippen molar-refractivity contribution in [3.05, 3.63) is 82.3 Å². The Morgan fingerprint density at radius 3 is 2.39 bits per heavy atom. The lowest BCUT2D eigenvalue weighted by Gasteiger charge is -2.19. The maximum Gasteiger partial charge on any atom is 0.137 e. The van der Waals surface area contributed by atoms with Crippen LogP contribution in [0.5, 0.6) is 0 Å². The van der Waals surface area contributed by atoms with Gasteiger partial charge >= 0.3 is 0 Å². The monoisotopic (exact) mass is 383 g/mol. The zero-order chi connectivity index (χ0) is 19.8. The average molecular weight is 383 g/mol. The van der Waals surface area contributed by atoms with Crippen LogP contribution in [0.1, 0.15) is 34.7 Å². The Hall–Kier alpha value is -2.73. The van der Waals surface area contributed by atoms with E-state index in [4.69, 9.17) is 0 Å². The summed E-state index contributed by atoms with van der Waals surface area (Å²) in [6.07, 6.45) is 0.648. The second-order valence-electron chi connectivity index (χ2n) is 7.34. The molecule has 0 N–H and O–H groups in total. The molecule has 3 aromatic rings. The van der Waals surface area contributed by atoms with Crippen molar-refractivity contribution in [1.82, 2.24) is 15.1 Å². The molecule has 6 heteroatoms. The quantitative estimate of drug-likeness (QED) is 0.634. The summed E-state index contributed by atoms with van der Waals surface area (Å²) in [4.78, 5) is 2.02. The van der Waals surface area contributed by atoms with Gasteiger partial charge in [-0.3, -0.25) is 0 Å². The summed E-state index contributed by atoms with van der Waals surface area (Å²) in [5.41, 5.74) is 3.42. The van der Waals surface area contributed by atoms with Gasteiger partial charge < -0.3 is 4.90 Å². The fraction of sp³-hybridized carbons (Fsp3) is 0.273. The Balaban J connectivity index is 1.85. The number of halogens is 3. The first-order valence-corrected chi connectivity index (χ1v) is 9.19. The van der Waals surface area contributed by atoms with Crippen molar-refractivity contribution in [3.63, 3.8) is 0 Å². The molecule has 0 radical (unpaired) electrons. The van der Waals surface area contributed by atoms with Crippen molar-refractivity contribution in [1.29, 1.82) is 0 Å². The summed E-state index contributed by atoms with van der Waals surface area (Å²) in [7, 11) is 1.91. The predicted molar refractivity (Wildman–Crippen MR) is 101 cm³/mol. The lowest BCUT2D eigenvalue weighted by atomic mass is 9.85. The first-order chi connectivity index (χ1) is 13.4. The minimum Gasteiger partial charge on any atom is -0.302 e. The molecule has 0 saturated heterocycles. The van der Waals surface area contributed by atoms with Gasteiger partial charge in [-0.2, -0.15) is 10.2 Å². The van der Waals surface area contributed by atoms with Crippen LogP contribution in [-0.2, 0) is 6.54 Å². The van der Waals surface area contributed by atoms with E-state index < -0.39 is 11.6 Å². The third-order valence-electron chi connectivity index (χ3n) is 5.24. The molecule has 1 aliphatic heterocycles. The van der Waals surface area contributed by atoms with E-state index in [-0.39, 0.29) is 11.7 Å². The lowest BCUT2D eigenvalue weighted by Crippen LogP contribution is -2.18. The molecule has 144 valence electrons. The zero-order valence-corrected chi connectivity index (χ0v) is 15.7. The normalized spacial score (nSPS) is 17.2. The molecule has 0 fully saturated rings. The average Bonchev–Trinajstić information content (AvgIpc) is 2.81. The molecule has 0 aliphatic carbocycles. The predicted octanol–water partition coefficient (Wildman–Crippen LogP) is 4.84. The number of fused-ring (bicyclic) bond motifs is 1. The van der Waals surface area contributed by atoms with Crippen LogP contribution in [0.15, 0.2) is 42.5 Å². The van der Waals surface area contributed by atoms with Gasteiger partial charge in [0.1, 0.15) is 17.5 Å². The SMILES string of the molecule is Cc1ccc(-c2ccc3c(c2F)CN(C)CCC3c2cc(F)cc(F)c2)nn1. The standard InChI is InChI=1S/C22H20F3N3/c1-13-3-6-21(27-26-13)19-5-4-18-17(14-9-15(23)11-16(24)10-14)7-8-28(2)12-20(18)22(19)25/h3-6,9-11,17H,7-8,12H2,1-2H3. The summed E-state index contributed by atoms with van der Waals surface area (Å²) in [6, 6.07) is 10.6. The molecule has 1 aliphatic rings. The fourth-order valence-electron chi connectivity index (χ4n) is 3.84. The largest absolute Gasteiger partial charge is 0.302 e. The third kappa shape index (κ3) is 3.52. The van der Waals surface area contributed by atoms with Crippen LogP contribution in [-0.4, -0.2) is 28.7 Å². The van der Waals surface area contributed by atoms with Gasteiger partial charge in [-0.05, 0) is 68.4 Å². The molecule has 0 saturated carbocycles. The van der Waals surface area contributed by atoms with Crippen molar-refractivity contribution in [2.24, 2.45) is 0 Å². The minimum absolute atomic E-state index is 0.280. The van der Waals surface area contributed by atoms with Crippen LogP contribution >= 0.6 is 0 Å². The van der Waals surface area contributed by atoms with Crippen LogP contribution in [0.4, 0.5) is 13.2 Å². The molecule has 1 unspecified atom stereocenters. The molecule has 28 heavy (non-hydrogen) atoms. The third-order valence-corrected chi connectivity index (χ3v) is 5.24. The highest BCUT2D eigenvalue weighted by molar-refractivity contribution is 5.62. The highest BCUT2D eigenvalue weighted by Crippen LogP contribution is 2.38. The molecule has 0 spiro atoms. The van der Waals surface area contributed by atoms with Crippen LogP contribution in [0.25, 0.3) is 11.3 Å². The number of nitrogens with zero attached hydrogens (tertiary/aromatic N) is 3. The van der Waals surface area contributed by atoms with E-state index in [1.54, 1.807) is 18.2 Å². The molecule has 0 bridgehead atoms. The number of aryl methyl sites for hydroxylation is 1. The highest BCUT2D eigenvalue weighted by Gasteiger charge is 2.27. The number of rotatable bonds is 2. The Labute approximate surface area is 161 Å². The van der Waals surface area contributed by atoms with Crippen molar-refractivity contribution in [2.45, 2.75) is 25.8 Å². The van der Waals surface area contributed by atoms with Crippen LogP contribution in [0, 0.1) is 24.4 Å². The lowest BCUT2D eigenvalue weighted by molar-refractivity contribution is 0.324. The van der Waals surface area contributed by atoms with Crippen molar-refractivity contribution < 1.29 is 13.2 Å². The first-order valence-electron chi connectivity index (χ1n) is 9.19. The van der Waals surface area contributed by atoms with E-state index in [1.165, 1.54) is 12.1 Å². The number of hydrogen-bond donors (Lipinski definition) is 0. The molecule has 4 rings (SSSR count). The molecular formula is C22H20F3N3. The van der Waals surface area contributed by atoms with Gasteiger partial charge in [0.25, 0.3) is 0 Å². The van der Waals surface area contributed by atoms with E-state index in [2.05, 4.69) is 10.2 Å². The van der Waals surface area contributed by atoms with E-state index in [9.17, 15) is 8.78 Å². The van der Waals surface area contributed by atoms with Gasteiger partial charge in [0.2, 0.25) is 0 Å². The number of benzene rings is 2. The summed E-state index contributed by atoms with van der Waals surface area (Å²) < 4.78 is 43.1. The summed E-state index contributed by atoms with van der Waals surface area (Å²) in [6.45, 7) is 2.93. The highest BCUT2D eigenvalue weighted by atomic mass is 19.1. The topological polar surface area (TPSA) is 29.0 Å². The maximum absolute atomic E-state index is 15.5. The molecule has 2 aromatic carbocycles. The van der Waals surface area contributed by atoms with Crippen molar-refractivity contribution >= 4 is 0 Å². The van der Waals surface area contributed by atoms with E-state index in [0.717, 1.165) is 17.3 Å². The van der Waals surface area contributed by atoms with Gasteiger partial charge in [0.05, 0.1) is 11.4 Å². The Morgan fingerprint density at radius 2 is 1.71 bits per heavy atom. The second kappa shape index (κ2) is 7.36. The number of aromatic nitrogens is 2. The first kappa shape index (κ1) is 18.6. The van der Waals surface area contributed by atoms with Crippen LogP contribution in [0.2, 0.25) is 0 Å².